The molecule has 3 nitrogen and oxygen atoms in total. The van der Waals surface area contributed by atoms with Crippen LogP contribution in [0.4, 0.5) is 4.79 Å². The van der Waals surface area contributed by atoms with Crippen LogP contribution in [0.25, 0.3) is 0 Å². The number of benzene rings is 1. The molecule has 74 valence electrons. The molecule has 0 saturated carbocycles. The Balaban J connectivity index is 2.02. The van der Waals surface area contributed by atoms with Gasteiger partial charge in [0.2, 0.25) is 0 Å². The highest BCUT2D eigenvalue weighted by Crippen LogP contribution is 2.14. The predicted molar refractivity (Wildman–Crippen MR) is 52.8 cm³/mol. The number of ether oxygens (including phenoxy) is 1. The van der Waals surface area contributed by atoms with Crippen LogP contribution in [0.5, 0.6) is 0 Å². The summed E-state index contributed by atoms with van der Waals surface area (Å²) in [4.78, 5) is 13.0. The molecule has 1 aromatic carbocycles. The molecule has 0 aliphatic carbocycles. The SMILES string of the molecule is C[C@H]1CN(Cc2ccccc2)C(=O)O1. The van der Waals surface area contributed by atoms with Gasteiger partial charge in [-0.25, -0.2) is 4.79 Å². The number of amides is 1. The van der Waals surface area contributed by atoms with Crippen LogP contribution in [0, 0.1) is 0 Å². The van der Waals surface area contributed by atoms with Crippen molar-refractivity contribution in [1.82, 2.24) is 4.90 Å². The molecular weight excluding hydrogens is 178 g/mol. The normalized spacial score (nSPS) is 21.1. The molecule has 1 atom stereocenters. The molecule has 0 bridgehead atoms. The summed E-state index contributed by atoms with van der Waals surface area (Å²) in [6, 6.07) is 9.93. The molecule has 0 unspecified atom stereocenters. The summed E-state index contributed by atoms with van der Waals surface area (Å²) in [5, 5.41) is 0. The van der Waals surface area contributed by atoms with E-state index in [1.807, 2.05) is 37.3 Å². The van der Waals surface area contributed by atoms with Gasteiger partial charge in [0.05, 0.1) is 6.54 Å². The summed E-state index contributed by atoms with van der Waals surface area (Å²) in [6.45, 7) is 3.24. The van der Waals surface area contributed by atoms with Crippen molar-refractivity contribution in [2.24, 2.45) is 0 Å². The van der Waals surface area contributed by atoms with Crippen LogP contribution in [0.3, 0.4) is 0 Å². The van der Waals surface area contributed by atoms with Gasteiger partial charge >= 0.3 is 6.09 Å². The number of carbonyl (C=O) groups is 1. The third-order valence-electron chi connectivity index (χ3n) is 2.25. The molecule has 2 rings (SSSR count). The Morgan fingerprint density at radius 3 is 2.71 bits per heavy atom. The summed E-state index contributed by atoms with van der Waals surface area (Å²) in [5.74, 6) is 0. The highest BCUT2D eigenvalue weighted by molar-refractivity contribution is 5.69. The van der Waals surface area contributed by atoms with Gasteiger partial charge in [-0.05, 0) is 12.5 Å². The van der Waals surface area contributed by atoms with Crippen molar-refractivity contribution in [3.8, 4) is 0 Å². The van der Waals surface area contributed by atoms with Gasteiger partial charge in [-0.2, -0.15) is 0 Å². The molecule has 0 radical (unpaired) electrons. The van der Waals surface area contributed by atoms with Crippen molar-refractivity contribution in [3.05, 3.63) is 35.9 Å². The average Bonchev–Trinajstić information content (AvgIpc) is 2.47. The van der Waals surface area contributed by atoms with Crippen LogP contribution >= 0.6 is 0 Å². The fourth-order valence-corrected chi connectivity index (χ4v) is 1.60. The second kappa shape index (κ2) is 3.70. The average molecular weight is 191 g/mol. The monoisotopic (exact) mass is 191 g/mol. The van der Waals surface area contributed by atoms with Gasteiger partial charge in [-0.15, -0.1) is 0 Å². The van der Waals surface area contributed by atoms with Crippen molar-refractivity contribution in [1.29, 1.82) is 0 Å². The molecule has 1 amide bonds. The van der Waals surface area contributed by atoms with Crippen LogP contribution in [0.15, 0.2) is 30.3 Å². The van der Waals surface area contributed by atoms with E-state index < -0.39 is 0 Å². The van der Waals surface area contributed by atoms with E-state index in [1.54, 1.807) is 4.90 Å². The number of nitrogens with zero attached hydrogens (tertiary/aromatic N) is 1. The quantitative estimate of drug-likeness (QED) is 0.715. The zero-order valence-electron chi connectivity index (χ0n) is 8.14. The van der Waals surface area contributed by atoms with Crippen molar-refractivity contribution in [2.45, 2.75) is 19.6 Å². The first-order valence-corrected chi connectivity index (χ1v) is 4.75. The van der Waals surface area contributed by atoms with E-state index in [0.717, 1.165) is 5.56 Å². The molecule has 1 heterocycles. The fraction of sp³-hybridized carbons (Fsp3) is 0.364. The van der Waals surface area contributed by atoms with Gasteiger partial charge in [-0.1, -0.05) is 30.3 Å². The summed E-state index contributed by atoms with van der Waals surface area (Å²) in [6.07, 6.45) is -0.187. The first-order valence-electron chi connectivity index (χ1n) is 4.75. The molecule has 1 fully saturated rings. The van der Waals surface area contributed by atoms with E-state index in [0.29, 0.717) is 13.1 Å². The highest BCUT2D eigenvalue weighted by Gasteiger charge is 2.27. The van der Waals surface area contributed by atoms with E-state index in [9.17, 15) is 4.79 Å². The molecule has 1 aliphatic heterocycles. The zero-order valence-corrected chi connectivity index (χ0v) is 8.14. The lowest BCUT2D eigenvalue weighted by Gasteiger charge is -2.11. The maximum absolute atomic E-state index is 11.3. The van der Waals surface area contributed by atoms with Crippen LogP contribution in [0.2, 0.25) is 0 Å². The van der Waals surface area contributed by atoms with Crippen molar-refractivity contribution < 1.29 is 9.53 Å². The minimum atomic E-state index is -0.207. The summed E-state index contributed by atoms with van der Waals surface area (Å²) >= 11 is 0. The minimum Gasteiger partial charge on any atom is -0.444 e. The molecule has 1 saturated heterocycles. The number of rotatable bonds is 2. The standard InChI is InChI=1S/C11H13NO2/c1-9-7-12(11(13)14-9)8-10-5-3-2-4-6-10/h2-6,9H,7-8H2,1H3/t9-/m0/s1. The second-order valence-electron chi connectivity index (χ2n) is 3.56. The molecule has 1 aromatic rings. The van der Waals surface area contributed by atoms with E-state index in [-0.39, 0.29) is 12.2 Å². The van der Waals surface area contributed by atoms with Crippen LogP contribution in [-0.4, -0.2) is 23.6 Å². The largest absolute Gasteiger partial charge is 0.444 e. The van der Waals surface area contributed by atoms with Gasteiger partial charge in [0.25, 0.3) is 0 Å². The third kappa shape index (κ3) is 1.87. The molecular formula is C11H13NO2. The zero-order chi connectivity index (χ0) is 9.97. The predicted octanol–water partition coefficient (Wildman–Crippen LogP) is 2.03. The fourth-order valence-electron chi connectivity index (χ4n) is 1.60. The maximum Gasteiger partial charge on any atom is 0.410 e. The minimum absolute atomic E-state index is 0.0196. The van der Waals surface area contributed by atoms with Crippen LogP contribution < -0.4 is 0 Å². The molecule has 0 spiro atoms. The Hall–Kier alpha value is -1.51. The number of hydrogen-bond acceptors (Lipinski definition) is 2. The lowest BCUT2D eigenvalue weighted by Crippen LogP contribution is -2.24. The Kier molecular flexibility index (Phi) is 2.39. The van der Waals surface area contributed by atoms with Gasteiger partial charge in [0.1, 0.15) is 6.10 Å². The second-order valence-corrected chi connectivity index (χ2v) is 3.56. The first kappa shape index (κ1) is 9.06. The van der Waals surface area contributed by atoms with Crippen molar-refractivity contribution in [3.63, 3.8) is 0 Å². The summed E-state index contributed by atoms with van der Waals surface area (Å²) in [7, 11) is 0. The van der Waals surface area contributed by atoms with Gasteiger partial charge in [0.15, 0.2) is 0 Å². The molecule has 0 N–H and O–H groups in total. The van der Waals surface area contributed by atoms with Gasteiger partial charge in [0, 0.05) is 6.54 Å². The lowest BCUT2D eigenvalue weighted by atomic mass is 10.2. The highest BCUT2D eigenvalue weighted by atomic mass is 16.6. The van der Waals surface area contributed by atoms with Gasteiger partial charge < -0.3 is 9.64 Å². The Bertz CT molecular complexity index is 323. The van der Waals surface area contributed by atoms with E-state index >= 15 is 0 Å². The Morgan fingerprint density at radius 1 is 1.43 bits per heavy atom. The van der Waals surface area contributed by atoms with Crippen LogP contribution in [-0.2, 0) is 11.3 Å². The molecule has 3 heteroatoms. The Morgan fingerprint density at radius 2 is 2.14 bits per heavy atom. The third-order valence-corrected chi connectivity index (χ3v) is 2.25. The van der Waals surface area contributed by atoms with E-state index in [4.69, 9.17) is 4.74 Å². The smallest absolute Gasteiger partial charge is 0.410 e. The molecule has 1 aliphatic rings. The van der Waals surface area contributed by atoms with Crippen molar-refractivity contribution in [2.75, 3.05) is 6.54 Å². The number of cyclic esters (lactones) is 1. The molecule has 0 aromatic heterocycles. The van der Waals surface area contributed by atoms with E-state index in [1.165, 1.54) is 0 Å². The topological polar surface area (TPSA) is 29.5 Å². The lowest BCUT2D eigenvalue weighted by molar-refractivity contribution is 0.137. The number of carbonyl (C=O) groups excluding carboxylic acids is 1. The summed E-state index contributed by atoms with van der Waals surface area (Å²) < 4.78 is 5.03. The summed E-state index contributed by atoms with van der Waals surface area (Å²) in [5.41, 5.74) is 1.14. The maximum atomic E-state index is 11.3. The van der Waals surface area contributed by atoms with Gasteiger partial charge in [-0.3, -0.25) is 0 Å². The van der Waals surface area contributed by atoms with Crippen LogP contribution in [0.1, 0.15) is 12.5 Å². The Labute approximate surface area is 83.3 Å². The number of hydrogen-bond donors (Lipinski definition) is 0. The first-order chi connectivity index (χ1) is 6.75. The molecule has 14 heavy (non-hydrogen) atoms. The van der Waals surface area contributed by atoms with E-state index in [2.05, 4.69) is 0 Å². The van der Waals surface area contributed by atoms with Crippen molar-refractivity contribution >= 4 is 6.09 Å².